The number of rotatable bonds is 8. The lowest BCUT2D eigenvalue weighted by molar-refractivity contribution is -0.131. The third-order valence-electron chi connectivity index (χ3n) is 3.64. The van der Waals surface area contributed by atoms with Crippen molar-refractivity contribution in [2.45, 2.75) is 32.4 Å². The Morgan fingerprint density at radius 2 is 2.16 bits per heavy atom. The molecule has 0 aromatic carbocycles. The first-order chi connectivity index (χ1) is 11.8. The fourth-order valence-electron chi connectivity index (χ4n) is 2.36. The van der Waals surface area contributed by atoms with Gasteiger partial charge in [0.05, 0.1) is 5.69 Å². The van der Waals surface area contributed by atoms with E-state index in [0.29, 0.717) is 17.4 Å². The van der Waals surface area contributed by atoms with Gasteiger partial charge in [-0.25, -0.2) is 9.78 Å². The molecule has 2 rings (SSSR count). The molecule has 5 nitrogen and oxygen atoms in total. The van der Waals surface area contributed by atoms with Crippen LogP contribution in [0.4, 0.5) is 0 Å². The zero-order valence-electron chi connectivity index (χ0n) is 14.1. The predicted molar refractivity (Wildman–Crippen MR) is 101 cm³/mol. The van der Waals surface area contributed by atoms with E-state index in [-0.39, 0.29) is 6.04 Å². The Morgan fingerprint density at radius 3 is 2.84 bits per heavy atom. The normalized spacial score (nSPS) is 14.3. The van der Waals surface area contributed by atoms with E-state index in [9.17, 15) is 9.90 Å². The van der Waals surface area contributed by atoms with E-state index in [1.807, 2.05) is 19.1 Å². The van der Waals surface area contributed by atoms with E-state index in [1.54, 1.807) is 36.5 Å². The first-order valence-corrected chi connectivity index (χ1v) is 9.09. The fourth-order valence-corrected chi connectivity index (χ4v) is 3.63. The Balaban J connectivity index is 1.87. The number of nitrogens with one attached hydrogen (secondary N) is 1. The Labute approximate surface area is 156 Å². The van der Waals surface area contributed by atoms with Gasteiger partial charge in [0.2, 0.25) is 0 Å². The number of halogens is 1. The number of pyridine rings is 1. The Hall–Kier alpha value is -1.73. The van der Waals surface area contributed by atoms with Crippen molar-refractivity contribution < 1.29 is 15.0 Å². The van der Waals surface area contributed by atoms with Crippen molar-refractivity contribution >= 4 is 34.5 Å². The minimum atomic E-state index is -0.939. The molecule has 0 aliphatic carbocycles. The van der Waals surface area contributed by atoms with E-state index >= 15 is 0 Å². The van der Waals surface area contributed by atoms with Crippen LogP contribution in [0.25, 0.3) is 5.57 Å². The van der Waals surface area contributed by atoms with Gasteiger partial charge in [0.15, 0.2) is 0 Å². The van der Waals surface area contributed by atoms with E-state index in [1.165, 1.54) is 6.08 Å². The van der Waals surface area contributed by atoms with Crippen molar-refractivity contribution in [2.24, 2.45) is 0 Å². The number of carboxylic acid groups (broad SMARTS) is 1. The molecule has 0 fully saturated rings. The highest BCUT2D eigenvalue weighted by molar-refractivity contribution is 7.13. The van der Waals surface area contributed by atoms with Gasteiger partial charge in [0, 0.05) is 28.4 Å². The Morgan fingerprint density at radius 1 is 1.40 bits per heavy atom. The molecule has 0 saturated heterocycles. The van der Waals surface area contributed by atoms with Crippen LogP contribution in [0.1, 0.15) is 35.4 Å². The number of aliphatic hydroxyl groups excluding tert-OH is 1. The SMILES string of the molecule is CC(=CC(=O)O)c1ccc(CC(C)NCC(O)c2cccc(Cl)n2)s1. The van der Waals surface area contributed by atoms with Gasteiger partial charge >= 0.3 is 5.97 Å². The number of carboxylic acids is 1. The lowest BCUT2D eigenvalue weighted by Gasteiger charge is -2.16. The van der Waals surface area contributed by atoms with Crippen LogP contribution in [0.3, 0.4) is 0 Å². The van der Waals surface area contributed by atoms with Gasteiger partial charge in [-0.05, 0) is 50.1 Å². The summed E-state index contributed by atoms with van der Waals surface area (Å²) in [5, 5.41) is 22.6. The van der Waals surface area contributed by atoms with E-state index < -0.39 is 12.1 Å². The van der Waals surface area contributed by atoms with Crippen LogP contribution in [0.5, 0.6) is 0 Å². The van der Waals surface area contributed by atoms with Crippen molar-refractivity contribution in [1.29, 1.82) is 0 Å². The number of hydrogen-bond donors (Lipinski definition) is 3. The minimum Gasteiger partial charge on any atom is -0.478 e. The van der Waals surface area contributed by atoms with E-state index in [4.69, 9.17) is 16.7 Å². The van der Waals surface area contributed by atoms with Gasteiger partial charge < -0.3 is 15.5 Å². The van der Waals surface area contributed by atoms with Crippen LogP contribution >= 0.6 is 22.9 Å². The minimum absolute atomic E-state index is 0.157. The molecule has 25 heavy (non-hydrogen) atoms. The molecular weight excluding hydrogens is 360 g/mol. The van der Waals surface area contributed by atoms with Gasteiger partial charge in [-0.2, -0.15) is 0 Å². The highest BCUT2D eigenvalue weighted by atomic mass is 35.5. The molecule has 134 valence electrons. The van der Waals surface area contributed by atoms with Crippen molar-refractivity contribution in [1.82, 2.24) is 10.3 Å². The number of aliphatic hydroxyl groups is 1. The second-order valence-corrected chi connectivity index (χ2v) is 7.40. The summed E-state index contributed by atoms with van der Waals surface area (Å²) in [6.07, 6.45) is 1.28. The van der Waals surface area contributed by atoms with E-state index in [2.05, 4.69) is 10.3 Å². The van der Waals surface area contributed by atoms with Crippen molar-refractivity contribution in [2.75, 3.05) is 6.54 Å². The highest BCUT2D eigenvalue weighted by Gasteiger charge is 2.12. The fraction of sp³-hybridized carbons (Fsp3) is 0.333. The van der Waals surface area contributed by atoms with Crippen LogP contribution in [-0.4, -0.2) is 33.8 Å². The van der Waals surface area contributed by atoms with Gasteiger partial charge in [0.1, 0.15) is 11.3 Å². The number of allylic oxidation sites excluding steroid dienone is 1. The highest BCUT2D eigenvalue weighted by Crippen LogP contribution is 2.25. The molecule has 0 aliphatic heterocycles. The third-order valence-corrected chi connectivity index (χ3v) is 5.09. The van der Waals surface area contributed by atoms with Gasteiger partial charge in [0.25, 0.3) is 0 Å². The molecule has 2 unspecified atom stereocenters. The second-order valence-electron chi connectivity index (χ2n) is 5.85. The molecular formula is C18H21ClN2O3S. The maximum atomic E-state index is 10.7. The van der Waals surface area contributed by atoms with Gasteiger partial charge in [-0.3, -0.25) is 0 Å². The molecule has 7 heteroatoms. The zero-order valence-corrected chi connectivity index (χ0v) is 15.6. The molecule has 0 bridgehead atoms. The molecule has 2 atom stereocenters. The monoisotopic (exact) mass is 380 g/mol. The summed E-state index contributed by atoms with van der Waals surface area (Å²) in [6.45, 7) is 4.21. The molecule has 0 spiro atoms. The summed E-state index contributed by atoms with van der Waals surface area (Å²) < 4.78 is 0. The molecule has 2 aromatic heterocycles. The predicted octanol–water partition coefficient (Wildman–Crippen LogP) is 3.54. The molecule has 3 N–H and O–H groups in total. The van der Waals surface area contributed by atoms with Crippen LogP contribution in [0, 0.1) is 0 Å². The van der Waals surface area contributed by atoms with E-state index in [0.717, 1.165) is 21.7 Å². The van der Waals surface area contributed by atoms with Crippen LogP contribution in [0.15, 0.2) is 36.4 Å². The summed E-state index contributed by atoms with van der Waals surface area (Å²) in [5.74, 6) is -0.939. The number of aliphatic carboxylic acids is 1. The summed E-state index contributed by atoms with van der Waals surface area (Å²) in [6, 6.07) is 9.27. The lowest BCUT2D eigenvalue weighted by Crippen LogP contribution is -2.32. The number of thiophene rings is 1. The number of hydrogen-bond acceptors (Lipinski definition) is 5. The molecule has 0 aliphatic rings. The molecule has 2 aromatic rings. The molecule has 0 radical (unpaired) electrons. The molecule has 0 amide bonds. The summed E-state index contributed by atoms with van der Waals surface area (Å²) in [4.78, 5) is 16.9. The smallest absolute Gasteiger partial charge is 0.328 e. The quantitative estimate of drug-likeness (QED) is 0.482. The maximum absolute atomic E-state index is 10.7. The first-order valence-electron chi connectivity index (χ1n) is 7.89. The van der Waals surface area contributed by atoms with Crippen molar-refractivity contribution in [3.8, 4) is 0 Å². The average molecular weight is 381 g/mol. The molecule has 0 saturated carbocycles. The largest absolute Gasteiger partial charge is 0.478 e. The van der Waals surface area contributed by atoms with Crippen LogP contribution < -0.4 is 5.32 Å². The Bertz CT molecular complexity index is 760. The first kappa shape index (κ1) is 19.6. The van der Waals surface area contributed by atoms with Crippen molar-refractivity contribution in [3.63, 3.8) is 0 Å². The van der Waals surface area contributed by atoms with Crippen molar-refractivity contribution in [3.05, 3.63) is 57.0 Å². The van der Waals surface area contributed by atoms with Gasteiger partial charge in [-0.1, -0.05) is 17.7 Å². The van der Waals surface area contributed by atoms with Crippen LogP contribution in [-0.2, 0) is 11.2 Å². The summed E-state index contributed by atoms with van der Waals surface area (Å²) >= 11 is 7.42. The zero-order chi connectivity index (χ0) is 18.4. The summed E-state index contributed by atoms with van der Waals surface area (Å²) in [5.41, 5.74) is 1.28. The Kier molecular flexibility index (Phi) is 7.13. The third kappa shape index (κ3) is 6.25. The topological polar surface area (TPSA) is 82.5 Å². The molecule has 2 heterocycles. The summed E-state index contributed by atoms with van der Waals surface area (Å²) in [7, 11) is 0. The number of nitrogens with zero attached hydrogens (tertiary/aromatic N) is 1. The second kappa shape index (κ2) is 9.10. The average Bonchev–Trinajstić information content (AvgIpc) is 3.00. The lowest BCUT2D eigenvalue weighted by atomic mass is 10.1. The number of aromatic nitrogens is 1. The standard InChI is InChI=1S/C18H21ClN2O3S/c1-11(8-18(23)24)16-7-6-13(25-16)9-12(2)20-10-15(22)14-4-3-5-17(19)21-14/h3-8,12,15,20,22H,9-10H2,1-2H3,(H,23,24). The number of carbonyl (C=O) groups is 1. The van der Waals surface area contributed by atoms with Gasteiger partial charge in [-0.15, -0.1) is 11.3 Å². The van der Waals surface area contributed by atoms with Crippen LogP contribution in [0.2, 0.25) is 5.15 Å². The maximum Gasteiger partial charge on any atom is 0.328 e.